The van der Waals surface area contributed by atoms with Crippen molar-refractivity contribution in [3.8, 4) is 11.1 Å². The molecule has 0 saturated heterocycles. The number of nitrogens with one attached hydrogen (secondary N) is 3. The molecule has 1 aliphatic rings. The van der Waals surface area contributed by atoms with Crippen molar-refractivity contribution in [2.75, 3.05) is 17.3 Å². The van der Waals surface area contributed by atoms with Crippen molar-refractivity contribution in [1.29, 1.82) is 0 Å². The molecule has 3 N–H and O–H groups in total. The number of anilines is 2. The first kappa shape index (κ1) is 26.0. The molecule has 0 saturated carbocycles. The van der Waals surface area contributed by atoms with Crippen LogP contribution in [0.3, 0.4) is 0 Å². The molecule has 0 unspecified atom stereocenters. The van der Waals surface area contributed by atoms with Gasteiger partial charge in [0, 0.05) is 23.9 Å². The lowest BCUT2D eigenvalue weighted by Crippen LogP contribution is -2.57. The zero-order valence-electron chi connectivity index (χ0n) is 21.6. The zero-order chi connectivity index (χ0) is 26.5. The van der Waals surface area contributed by atoms with E-state index in [2.05, 4.69) is 20.9 Å². The Labute approximate surface area is 217 Å². The fourth-order valence-electron chi connectivity index (χ4n) is 4.47. The Kier molecular flexibility index (Phi) is 7.98. The summed E-state index contributed by atoms with van der Waals surface area (Å²) in [7, 11) is 1.69. The normalized spacial score (nSPS) is 16.1. The van der Waals surface area contributed by atoms with E-state index in [0.29, 0.717) is 17.9 Å². The van der Waals surface area contributed by atoms with Crippen LogP contribution in [0.25, 0.3) is 11.1 Å². The summed E-state index contributed by atoms with van der Waals surface area (Å²) in [6, 6.07) is 19.0. The number of hydrogen-bond donors (Lipinski definition) is 3. The molecule has 0 spiro atoms. The van der Waals surface area contributed by atoms with Crippen LogP contribution in [-0.4, -0.2) is 47.9 Å². The standard InChI is InChI=1S/C29H33N5O3/c1-18(2)25(33-27(35)19(3)30-4)29(37)34-24(17-21-13-10-16-31-26(21)34)28(36)32-23-15-9-8-14-22(23)20-11-6-5-7-12-20/h5-16,18-19,24-25,30H,17H2,1-4H3,(H,32,36)(H,33,35)/t19-,24-,25-/m0/s1. The predicted octanol–water partition coefficient (Wildman–Crippen LogP) is 3.39. The van der Waals surface area contributed by atoms with Gasteiger partial charge in [0.25, 0.3) is 5.91 Å². The number of likely N-dealkylation sites (N-methyl/N-ethyl adjacent to an activating group) is 1. The van der Waals surface area contributed by atoms with Crippen LogP contribution in [0.2, 0.25) is 0 Å². The first-order valence-electron chi connectivity index (χ1n) is 12.5. The SMILES string of the molecule is CN[C@@H](C)C(=O)N[C@H](C(=O)N1c2ncccc2C[C@H]1C(=O)Nc1ccccc1-c1ccccc1)C(C)C. The van der Waals surface area contributed by atoms with E-state index < -0.39 is 18.1 Å². The highest BCUT2D eigenvalue weighted by atomic mass is 16.2. The monoisotopic (exact) mass is 499 g/mol. The summed E-state index contributed by atoms with van der Waals surface area (Å²) in [6.45, 7) is 5.46. The second-order valence-corrected chi connectivity index (χ2v) is 9.56. The molecular weight excluding hydrogens is 466 g/mol. The first-order chi connectivity index (χ1) is 17.8. The molecule has 8 nitrogen and oxygen atoms in total. The molecule has 4 rings (SSSR count). The molecule has 2 aromatic carbocycles. The molecule has 1 aliphatic heterocycles. The van der Waals surface area contributed by atoms with Gasteiger partial charge in [0.05, 0.1) is 6.04 Å². The number of benzene rings is 2. The quantitative estimate of drug-likeness (QED) is 0.441. The van der Waals surface area contributed by atoms with Crippen molar-refractivity contribution >= 4 is 29.2 Å². The zero-order valence-corrected chi connectivity index (χ0v) is 21.6. The minimum atomic E-state index is -0.817. The maximum absolute atomic E-state index is 13.9. The topological polar surface area (TPSA) is 103 Å². The maximum atomic E-state index is 13.9. The minimum absolute atomic E-state index is 0.198. The highest BCUT2D eigenvalue weighted by Gasteiger charge is 2.43. The molecule has 1 aromatic heterocycles. The lowest BCUT2D eigenvalue weighted by atomic mass is 10.0. The van der Waals surface area contributed by atoms with Crippen molar-refractivity contribution in [1.82, 2.24) is 15.6 Å². The Bertz CT molecular complexity index is 1280. The van der Waals surface area contributed by atoms with Crippen LogP contribution in [0.4, 0.5) is 11.5 Å². The van der Waals surface area contributed by atoms with E-state index in [4.69, 9.17) is 0 Å². The van der Waals surface area contributed by atoms with Gasteiger partial charge >= 0.3 is 0 Å². The van der Waals surface area contributed by atoms with Crippen LogP contribution in [0.1, 0.15) is 26.3 Å². The third-order valence-electron chi connectivity index (χ3n) is 6.69. The Hall–Kier alpha value is -4.04. The Morgan fingerprint density at radius 1 is 0.946 bits per heavy atom. The number of amides is 3. The Balaban J connectivity index is 1.65. The van der Waals surface area contributed by atoms with Crippen LogP contribution in [0.15, 0.2) is 72.9 Å². The van der Waals surface area contributed by atoms with Gasteiger partial charge in [-0.25, -0.2) is 4.98 Å². The lowest BCUT2D eigenvalue weighted by molar-refractivity contribution is -0.130. The highest BCUT2D eigenvalue weighted by Crippen LogP contribution is 2.33. The number of aromatic nitrogens is 1. The van der Waals surface area contributed by atoms with Crippen LogP contribution in [-0.2, 0) is 20.8 Å². The van der Waals surface area contributed by atoms with Gasteiger partial charge in [-0.1, -0.05) is 68.4 Å². The molecule has 3 amide bonds. The van der Waals surface area contributed by atoms with Crippen molar-refractivity contribution in [2.45, 2.75) is 45.3 Å². The molecule has 2 heterocycles. The van der Waals surface area contributed by atoms with Gasteiger partial charge < -0.3 is 16.0 Å². The lowest BCUT2D eigenvalue weighted by Gasteiger charge is -2.31. The van der Waals surface area contributed by atoms with E-state index >= 15 is 0 Å². The molecule has 0 aliphatic carbocycles. The van der Waals surface area contributed by atoms with E-state index in [9.17, 15) is 14.4 Å². The van der Waals surface area contributed by atoms with Gasteiger partial charge in [-0.15, -0.1) is 0 Å². The highest BCUT2D eigenvalue weighted by molar-refractivity contribution is 6.09. The van der Waals surface area contributed by atoms with Crippen LogP contribution in [0, 0.1) is 5.92 Å². The van der Waals surface area contributed by atoms with Crippen molar-refractivity contribution in [2.24, 2.45) is 5.92 Å². The van der Waals surface area contributed by atoms with Gasteiger partial charge in [0.2, 0.25) is 11.8 Å². The van der Waals surface area contributed by atoms with Crippen molar-refractivity contribution < 1.29 is 14.4 Å². The van der Waals surface area contributed by atoms with E-state index in [1.54, 1.807) is 26.2 Å². The van der Waals surface area contributed by atoms with Gasteiger partial charge in [-0.3, -0.25) is 19.3 Å². The average Bonchev–Trinajstić information content (AvgIpc) is 3.31. The van der Waals surface area contributed by atoms with Crippen LogP contribution >= 0.6 is 0 Å². The fraction of sp³-hybridized carbons (Fsp3) is 0.310. The number of hydrogen-bond acceptors (Lipinski definition) is 5. The Morgan fingerprint density at radius 2 is 1.65 bits per heavy atom. The maximum Gasteiger partial charge on any atom is 0.251 e. The number of carbonyl (C=O) groups excluding carboxylic acids is 3. The number of rotatable bonds is 8. The number of carbonyl (C=O) groups is 3. The molecule has 3 atom stereocenters. The molecule has 192 valence electrons. The number of fused-ring (bicyclic) bond motifs is 1. The van der Waals surface area contributed by atoms with Crippen LogP contribution in [0.5, 0.6) is 0 Å². The number of pyridine rings is 1. The smallest absolute Gasteiger partial charge is 0.251 e. The summed E-state index contributed by atoms with van der Waals surface area (Å²) >= 11 is 0. The second kappa shape index (κ2) is 11.3. The summed E-state index contributed by atoms with van der Waals surface area (Å²) in [5.41, 5.74) is 3.33. The largest absolute Gasteiger partial charge is 0.343 e. The van der Waals surface area contributed by atoms with E-state index in [-0.39, 0.29) is 23.6 Å². The van der Waals surface area contributed by atoms with E-state index in [0.717, 1.165) is 16.7 Å². The molecule has 0 bridgehead atoms. The van der Waals surface area contributed by atoms with E-state index in [1.165, 1.54) is 4.90 Å². The summed E-state index contributed by atoms with van der Waals surface area (Å²) in [6.07, 6.45) is 1.94. The van der Waals surface area contributed by atoms with Crippen LogP contribution < -0.4 is 20.9 Å². The molecule has 0 radical (unpaired) electrons. The first-order valence-corrected chi connectivity index (χ1v) is 12.5. The minimum Gasteiger partial charge on any atom is -0.343 e. The number of para-hydroxylation sites is 1. The summed E-state index contributed by atoms with van der Waals surface area (Å²) in [5, 5.41) is 8.80. The molecular formula is C29H33N5O3. The molecule has 37 heavy (non-hydrogen) atoms. The number of nitrogens with zero attached hydrogens (tertiary/aromatic N) is 2. The molecule has 3 aromatic rings. The van der Waals surface area contributed by atoms with Gasteiger partial charge in [0.1, 0.15) is 17.9 Å². The second-order valence-electron chi connectivity index (χ2n) is 9.56. The van der Waals surface area contributed by atoms with Crippen molar-refractivity contribution in [3.05, 3.63) is 78.5 Å². The summed E-state index contributed by atoms with van der Waals surface area (Å²) in [4.78, 5) is 46.2. The van der Waals surface area contributed by atoms with Crippen molar-refractivity contribution in [3.63, 3.8) is 0 Å². The Morgan fingerprint density at radius 3 is 2.35 bits per heavy atom. The molecule has 0 fully saturated rings. The summed E-state index contributed by atoms with van der Waals surface area (Å²) in [5.74, 6) is -0.707. The van der Waals surface area contributed by atoms with Gasteiger partial charge in [0.15, 0.2) is 0 Å². The predicted molar refractivity (Wildman–Crippen MR) is 145 cm³/mol. The fourth-order valence-corrected chi connectivity index (χ4v) is 4.47. The average molecular weight is 500 g/mol. The third-order valence-corrected chi connectivity index (χ3v) is 6.69. The summed E-state index contributed by atoms with van der Waals surface area (Å²) < 4.78 is 0. The molecule has 8 heteroatoms. The van der Waals surface area contributed by atoms with Gasteiger partial charge in [-0.2, -0.15) is 0 Å². The van der Waals surface area contributed by atoms with Gasteiger partial charge in [-0.05, 0) is 43.1 Å². The third kappa shape index (κ3) is 5.54. The van der Waals surface area contributed by atoms with E-state index in [1.807, 2.05) is 74.5 Å².